The molecule has 0 aliphatic carbocycles. The second-order valence-electron chi connectivity index (χ2n) is 4.55. The van der Waals surface area contributed by atoms with Crippen molar-refractivity contribution in [2.45, 2.75) is 20.4 Å². The number of nitrogens with zero attached hydrogens (tertiary/aromatic N) is 2. The first-order valence-corrected chi connectivity index (χ1v) is 8.34. The Bertz CT molecular complexity index is 613. The molecule has 0 bridgehead atoms. The lowest BCUT2D eigenvalue weighted by atomic mass is 10.1. The summed E-state index contributed by atoms with van der Waals surface area (Å²) in [5.41, 5.74) is 7.09. The number of benzene rings is 1. The molecule has 0 saturated carbocycles. The summed E-state index contributed by atoms with van der Waals surface area (Å²) in [5.74, 6) is 5.74. The predicted molar refractivity (Wildman–Crippen MR) is 85.7 cm³/mol. The van der Waals surface area contributed by atoms with Gasteiger partial charge in [-0.25, -0.2) is 0 Å². The molecule has 0 amide bonds. The van der Waals surface area contributed by atoms with Gasteiger partial charge in [-0.15, -0.1) is 0 Å². The standard InChI is InChI=1S/C15H23N3O2S/c1-4-18(5-2)21(19,20)17(3)13-15-9-6-8-14(12-15)10-7-11-16/h6,8-9,12H,4-5,11,13,16H2,1-3H3. The van der Waals surface area contributed by atoms with Gasteiger partial charge in [-0.1, -0.05) is 37.8 Å². The summed E-state index contributed by atoms with van der Waals surface area (Å²) in [4.78, 5) is 0. The third-order valence-electron chi connectivity index (χ3n) is 3.09. The number of hydrogen-bond acceptors (Lipinski definition) is 3. The van der Waals surface area contributed by atoms with E-state index in [0.717, 1.165) is 11.1 Å². The van der Waals surface area contributed by atoms with Gasteiger partial charge >= 0.3 is 0 Å². The van der Waals surface area contributed by atoms with E-state index in [1.54, 1.807) is 7.05 Å². The Morgan fingerprint density at radius 1 is 1.24 bits per heavy atom. The molecule has 1 aromatic carbocycles. The van der Waals surface area contributed by atoms with Gasteiger partial charge in [-0.3, -0.25) is 0 Å². The van der Waals surface area contributed by atoms with Crippen molar-refractivity contribution in [3.8, 4) is 11.8 Å². The average Bonchev–Trinajstić information content (AvgIpc) is 2.46. The smallest absolute Gasteiger partial charge is 0.282 e. The summed E-state index contributed by atoms with van der Waals surface area (Å²) in [5, 5.41) is 0. The highest BCUT2D eigenvalue weighted by atomic mass is 32.2. The fraction of sp³-hybridized carbons (Fsp3) is 0.467. The Labute approximate surface area is 127 Å². The number of rotatable bonds is 6. The van der Waals surface area contributed by atoms with Gasteiger partial charge in [-0.2, -0.15) is 17.0 Å². The van der Waals surface area contributed by atoms with Crippen molar-refractivity contribution in [1.29, 1.82) is 0 Å². The Hall–Kier alpha value is -1.39. The van der Waals surface area contributed by atoms with E-state index < -0.39 is 10.2 Å². The van der Waals surface area contributed by atoms with E-state index in [0.29, 0.717) is 26.2 Å². The lowest BCUT2D eigenvalue weighted by Gasteiger charge is -2.25. The zero-order valence-corrected chi connectivity index (χ0v) is 13.7. The molecule has 0 spiro atoms. The molecule has 0 radical (unpaired) electrons. The van der Waals surface area contributed by atoms with E-state index in [1.165, 1.54) is 8.61 Å². The maximum atomic E-state index is 12.4. The molecule has 5 nitrogen and oxygen atoms in total. The quantitative estimate of drug-likeness (QED) is 0.798. The summed E-state index contributed by atoms with van der Waals surface area (Å²) in [7, 11) is -1.83. The van der Waals surface area contributed by atoms with Gasteiger partial charge in [0.1, 0.15) is 0 Å². The molecule has 0 fully saturated rings. The largest absolute Gasteiger partial charge is 0.320 e. The molecule has 0 aliphatic rings. The van der Waals surface area contributed by atoms with Gasteiger partial charge in [0.25, 0.3) is 10.2 Å². The SMILES string of the molecule is CCN(CC)S(=O)(=O)N(C)Cc1cccc(C#CCN)c1. The maximum Gasteiger partial charge on any atom is 0.282 e. The highest BCUT2D eigenvalue weighted by Gasteiger charge is 2.24. The van der Waals surface area contributed by atoms with Crippen LogP contribution in [-0.4, -0.2) is 43.7 Å². The van der Waals surface area contributed by atoms with E-state index in [1.807, 2.05) is 38.1 Å². The van der Waals surface area contributed by atoms with Crippen LogP contribution in [0.4, 0.5) is 0 Å². The molecule has 1 rings (SSSR count). The fourth-order valence-corrected chi connectivity index (χ4v) is 3.35. The van der Waals surface area contributed by atoms with Crippen LogP contribution in [0.2, 0.25) is 0 Å². The number of hydrogen-bond donors (Lipinski definition) is 1. The molecule has 0 heterocycles. The van der Waals surface area contributed by atoms with Crippen LogP contribution in [-0.2, 0) is 16.8 Å². The van der Waals surface area contributed by atoms with Gasteiger partial charge in [-0.05, 0) is 17.7 Å². The lowest BCUT2D eigenvalue weighted by molar-refractivity contribution is 0.375. The molecule has 0 saturated heterocycles. The third kappa shape index (κ3) is 4.83. The molecule has 0 aliphatic heterocycles. The second-order valence-corrected chi connectivity index (χ2v) is 6.59. The van der Waals surface area contributed by atoms with Crippen LogP contribution in [0.15, 0.2) is 24.3 Å². The van der Waals surface area contributed by atoms with Crippen LogP contribution in [0, 0.1) is 11.8 Å². The summed E-state index contributed by atoms with van der Waals surface area (Å²) in [6, 6.07) is 7.53. The van der Waals surface area contributed by atoms with Crippen molar-refractivity contribution in [3.05, 3.63) is 35.4 Å². The first kappa shape index (κ1) is 17.7. The van der Waals surface area contributed by atoms with Crippen LogP contribution in [0.5, 0.6) is 0 Å². The van der Waals surface area contributed by atoms with Crippen molar-refractivity contribution in [3.63, 3.8) is 0 Å². The predicted octanol–water partition coefficient (Wildman–Crippen LogP) is 1.02. The third-order valence-corrected chi connectivity index (χ3v) is 5.18. The molecular weight excluding hydrogens is 286 g/mol. The van der Waals surface area contributed by atoms with Crippen molar-refractivity contribution in [2.24, 2.45) is 5.73 Å². The second kappa shape index (κ2) is 8.15. The topological polar surface area (TPSA) is 66.6 Å². The van der Waals surface area contributed by atoms with E-state index >= 15 is 0 Å². The molecule has 0 unspecified atom stereocenters. The van der Waals surface area contributed by atoms with E-state index in [2.05, 4.69) is 11.8 Å². The van der Waals surface area contributed by atoms with Crippen molar-refractivity contribution < 1.29 is 8.42 Å². The zero-order chi connectivity index (χ0) is 15.9. The van der Waals surface area contributed by atoms with Crippen LogP contribution in [0.3, 0.4) is 0 Å². The molecule has 0 aromatic heterocycles. The molecular formula is C15H23N3O2S. The first-order valence-electron chi connectivity index (χ1n) is 6.95. The van der Waals surface area contributed by atoms with Gasteiger partial charge in [0.2, 0.25) is 0 Å². The maximum absolute atomic E-state index is 12.4. The molecule has 1 aromatic rings. The van der Waals surface area contributed by atoms with Crippen molar-refractivity contribution in [2.75, 3.05) is 26.7 Å². The normalized spacial score (nSPS) is 11.5. The average molecular weight is 309 g/mol. The summed E-state index contributed by atoms with van der Waals surface area (Å²) < 4.78 is 27.5. The van der Waals surface area contributed by atoms with Crippen LogP contribution >= 0.6 is 0 Å². The van der Waals surface area contributed by atoms with Crippen LogP contribution in [0.25, 0.3) is 0 Å². The molecule has 6 heteroatoms. The molecule has 0 atom stereocenters. The van der Waals surface area contributed by atoms with Crippen molar-refractivity contribution >= 4 is 10.2 Å². The Balaban J connectivity index is 2.90. The minimum Gasteiger partial charge on any atom is -0.320 e. The van der Waals surface area contributed by atoms with E-state index in [4.69, 9.17) is 5.73 Å². The van der Waals surface area contributed by atoms with Gasteiger partial charge in [0, 0.05) is 32.2 Å². The van der Waals surface area contributed by atoms with E-state index in [-0.39, 0.29) is 0 Å². The van der Waals surface area contributed by atoms with Crippen molar-refractivity contribution in [1.82, 2.24) is 8.61 Å². The number of nitrogens with two attached hydrogens (primary N) is 1. The zero-order valence-electron chi connectivity index (χ0n) is 12.8. The van der Waals surface area contributed by atoms with Crippen LogP contribution < -0.4 is 5.73 Å². The van der Waals surface area contributed by atoms with Crippen LogP contribution in [0.1, 0.15) is 25.0 Å². The summed E-state index contributed by atoms with van der Waals surface area (Å²) >= 11 is 0. The summed E-state index contributed by atoms with van der Waals surface area (Å²) in [6.45, 7) is 5.21. The first-order chi connectivity index (χ1) is 9.95. The summed E-state index contributed by atoms with van der Waals surface area (Å²) in [6.07, 6.45) is 0. The molecule has 2 N–H and O–H groups in total. The molecule has 116 valence electrons. The highest BCUT2D eigenvalue weighted by molar-refractivity contribution is 7.86. The fourth-order valence-electron chi connectivity index (χ4n) is 1.99. The van der Waals surface area contributed by atoms with Gasteiger partial charge in [0.15, 0.2) is 0 Å². The monoisotopic (exact) mass is 309 g/mol. The highest BCUT2D eigenvalue weighted by Crippen LogP contribution is 2.12. The van der Waals surface area contributed by atoms with Gasteiger partial charge < -0.3 is 5.73 Å². The molecule has 21 heavy (non-hydrogen) atoms. The lowest BCUT2D eigenvalue weighted by Crippen LogP contribution is -2.41. The minimum absolute atomic E-state index is 0.306. The van der Waals surface area contributed by atoms with E-state index in [9.17, 15) is 8.42 Å². The minimum atomic E-state index is -3.42. The Morgan fingerprint density at radius 3 is 2.48 bits per heavy atom. The van der Waals surface area contributed by atoms with Gasteiger partial charge in [0.05, 0.1) is 6.54 Å². The Kier molecular flexibility index (Phi) is 6.85. The Morgan fingerprint density at radius 2 is 1.90 bits per heavy atom.